The largest absolute Gasteiger partial charge is 0.383 e. The molecule has 0 bridgehead atoms. The van der Waals surface area contributed by atoms with Gasteiger partial charge in [-0.15, -0.1) is 0 Å². The number of fused-ring (bicyclic) bond motifs is 2. The van der Waals surface area contributed by atoms with Crippen LogP contribution in [-0.4, -0.2) is 18.4 Å². The van der Waals surface area contributed by atoms with Crippen LogP contribution in [-0.2, 0) is 16.1 Å². The fraction of sp³-hybridized carbons (Fsp3) is 0.217. The highest BCUT2D eigenvalue weighted by Crippen LogP contribution is 2.34. The predicted octanol–water partition coefficient (Wildman–Crippen LogP) is 3.54. The third-order valence-corrected chi connectivity index (χ3v) is 5.55. The fourth-order valence-electron chi connectivity index (χ4n) is 3.84. The van der Waals surface area contributed by atoms with Crippen molar-refractivity contribution < 1.29 is 9.59 Å². The Morgan fingerprint density at radius 1 is 1.11 bits per heavy atom. The Bertz CT molecular complexity index is 1040. The molecule has 3 aromatic carbocycles. The van der Waals surface area contributed by atoms with Gasteiger partial charge in [0.25, 0.3) is 0 Å². The predicted molar refractivity (Wildman–Crippen MR) is 112 cm³/mol. The first-order valence-electron chi connectivity index (χ1n) is 9.46. The van der Waals surface area contributed by atoms with Crippen molar-refractivity contribution in [3.63, 3.8) is 0 Å². The maximum absolute atomic E-state index is 13.5. The summed E-state index contributed by atoms with van der Waals surface area (Å²) in [6.07, 6.45) is 0. The lowest BCUT2D eigenvalue weighted by atomic mass is 9.91. The number of hydrogen-bond acceptors (Lipinski definition) is 3. The highest BCUT2D eigenvalue weighted by atomic mass is 16.2. The molecule has 3 N–H and O–H groups in total. The van der Waals surface area contributed by atoms with E-state index < -0.39 is 17.7 Å². The van der Waals surface area contributed by atoms with Gasteiger partial charge in [-0.25, -0.2) is 0 Å². The number of carbonyl (C=O) groups is 2. The molecule has 142 valence electrons. The van der Waals surface area contributed by atoms with Crippen LogP contribution in [0, 0.1) is 11.8 Å². The maximum Gasteiger partial charge on any atom is 0.233 e. The number of rotatable bonds is 4. The molecule has 2 atom stereocenters. The summed E-state index contributed by atoms with van der Waals surface area (Å²) in [6, 6.07) is 22.0. The second-order valence-electron chi connectivity index (χ2n) is 7.26. The zero-order valence-electron chi connectivity index (χ0n) is 15.8. The average molecular weight is 373 g/mol. The number of primary amides is 1. The molecule has 0 aromatic heterocycles. The maximum atomic E-state index is 13.5. The summed E-state index contributed by atoms with van der Waals surface area (Å²) in [6.45, 7) is 2.53. The van der Waals surface area contributed by atoms with Crippen LogP contribution in [0.4, 0.5) is 11.4 Å². The number of carbonyl (C=O) groups excluding carboxylic acids is 2. The molecule has 28 heavy (non-hydrogen) atoms. The molecular weight excluding hydrogens is 350 g/mol. The minimum absolute atomic E-state index is 0.0864. The lowest BCUT2D eigenvalue weighted by Gasteiger charge is -2.27. The van der Waals surface area contributed by atoms with Gasteiger partial charge in [0.2, 0.25) is 11.8 Å². The van der Waals surface area contributed by atoms with Crippen LogP contribution in [0.5, 0.6) is 0 Å². The van der Waals surface area contributed by atoms with Crippen molar-refractivity contribution in [2.24, 2.45) is 17.6 Å². The summed E-state index contributed by atoms with van der Waals surface area (Å²) in [5.74, 6) is -1.61. The third-order valence-electron chi connectivity index (χ3n) is 5.55. The van der Waals surface area contributed by atoms with Gasteiger partial charge in [-0.3, -0.25) is 9.59 Å². The van der Waals surface area contributed by atoms with Crippen molar-refractivity contribution in [2.75, 3.05) is 16.8 Å². The van der Waals surface area contributed by atoms with E-state index in [-0.39, 0.29) is 5.91 Å². The van der Waals surface area contributed by atoms with Crippen LogP contribution in [0.15, 0.2) is 66.7 Å². The van der Waals surface area contributed by atoms with E-state index in [0.29, 0.717) is 13.1 Å². The molecule has 1 heterocycles. The van der Waals surface area contributed by atoms with Gasteiger partial charge in [0.15, 0.2) is 0 Å². The zero-order valence-corrected chi connectivity index (χ0v) is 15.8. The van der Waals surface area contributed by atoms with Crippen LogP contribution in [0.25, 0.3) is 10.8 Å². The molecule has 5 nitrogen and oxygen atoms in total. The Kier molecular flexibility index (Phi) is 4.74. The summed E-state index contributed by atoms with van der Waals surface area (Å²) in [7, 11) is 0. The lowest BCUT2D eigenvalue weighted by Crippen LogP contribution is -2.43. The van der Waals surface area contributed by atoms with E-state index in [1.807, 2.05) is 48.5 Å². The second kappa shape index (κ2) is 7.35. The summed E-state index contributed by atoms with van der Waals surface area (Å²) in [5, 5.41) is 5.58. The number of hydrogen-bond donors (Lipinski definition) is 2. The number of amides is 2. The topological polar surface area (TPSA) is 75.4 Å². The van der Waals surface area contributed by atoms with Crippen LogP contribution in [0.2, 0.25) is 0 Å². The monoisotopic (exact) mass is 373 g/mol. The molecule has 3 aromatic rings. The average Bonchev–Trinajstić information content (AvgIpc) is 2.85. The standard InChI is InChI=1S/C23H23N3O2/c1-15(22(24)27)19-13-25-20-11-4-5-12-21(20)26(23(19)28)14-17-9-6-8-16-7-2-3-10-18(16)17/h2-12,15,19,25H,13-14H2,1H3,(H2,24,27)/t15?,19-/m1/s1. The molecular formula is C23H23N3O2. The first-order chi connectivity index (χ1) is 13.6. The van der Waals surface area contributed by atoms with Crippen molar-refractivity contribution in [1.82, 2.24) is 0 Å². The van der Waals surface area contributed by atoms with E-state index in [4.69, 9.17) is 5.73 Å². The Labute approximate surface area is 164 Å². The van der Waals surface area contributed by atoms with Crippen LogP contribution < -0.4 is 16.0 Å². The quantitative estimate of drug-likeness (QED) is 0.734. The molecule has 0 spiro atoms. The van der Waals surface area contributed by atoms with Gasteiger partial charge >= 0.3 is 0 Å². The molecule has 0 fully saturated rings. The number of nitrogens with one attached hydrogen (secondary N) is 1. The number of nitrogens with zero attached hydrogens (tertiary/aromatic N) is 1. The lowest BCUT2D eigenvalue weighted by molar-refractivity contribution is -0.130. The minimum Gasteiger partial charge on any atom is -0.383 e. The fourth-order valence-corrected chi connectivity index (χ4v) is 3.84. The van der Waals surface area contributed by atoms with E-state index in [2.05, 4.69) is 23.5 Å². The molecule has 1 unspecified atom stereocenters. The van der Waals surface area contributed by atoms with Gasteiger partial charge in [-0.2, -0.15) is 0 Å². The van der Waals surface area contributed by atoms with Crippen molar-refractivity contribution in [3.8, 4) is 0 Å². The summed E-state index contributed by atoms with van der Waals surface area (Å²) < 4.78 is 0. The van der Waals surface area contributed by atoms with Crippen molar-refractivity contribution in [3.05, 3.63) is 72.3 Å². The van der Waals surface area contributed by atoms with E-state index in [1.165, 1.54) is 0 Å². The molecule has 1 aliphatic rings. The summed E-state index contributed by atoms with van der Waals surface area (Å²) in [5.41, 5.74) is 8.29. The van der Waals surface area contributed by atoms with Crippen LogP contribution in [0.1, 0.15) is 12.5 Å². The minimum atomic E-state index is -0.552. The smallest absolute Gasteiger partial charge is 0.233 e. The third kappa shape index (κ3) is 3.20. The Morgan fingerprint density at radius 3 is 2.64 bits per heavy atom. The number of benzene rings is 3. The molecule has 4 rings (SSSR count). The number of nitrogens with two attached hydrogens (primary N) is 1. The molecule has 1 aliphatic heterocycles. The van der Waals surface area contributed by atoms with Gasteiger partial charge in [-0.05, 0) is 28.5 Å². The van der Waals surface area contributed by atoms with Gasteiger partial charge in [0.1, 0.15) is 0 Å². The van der Waals surface area contributed by atoms with E-state index in [9.17, 15) is 9.59 Å². The number of para-hydroxylation sites is 2. The van der Waals surface area contributed by atoms with E-state index >= 15 is 0 Å². The van der Waals surface area contributed by atoms with Crippen molar-refractivity contribution in [1.29, 1.82) is 0 Å². The zero-order chi connectivity index (χ0) is 19.7. The summed E-state index contributed by atoms with van der Waals surface area (Å²) >= 11 is 0. The van der Waals surface area contributed by atoms with Crippen molar-refractivity contribution >= 4 is 34.0 Å². The Morgan fingerprint density at radius 2 is 1.82 bits per heavy atom. The number of anilines is 2. The molecule has 2 amide bonds. The second-order valence-corrected chi connectivity index (χ2v) is 7.26. The Hall–Kier alpha value is -3.34. The first kappa shape index (κ1) is 18.0. The molecule has 5 heteroatoms. The van der Waals surface area contributed by atoms with Gasteiger partial charge < -0.3 is 16.0 Å². The SMILES string of the molecule is CC(C(N)=O)[C@H]1CNc2ccccc2N(Cc2cccc3ccccc23)C1=O. The molecule has 0 aliphatic carbocycles. The van der Waals surface area contributed by atoms with E-state index in [0.717, 1.165) is 27.7 Å². The van der Waals surface area contributed by atoms with Gasteiger partial charge in [0, 0.05) is 12.5 Å². The Balaban J connectivity index is 1.79. The highest BCUT2D eigenvalue weighted by molar-refractivity contribution is 6.02. The van der Waals surface area contributed by atoms with Crippen LogP contribution >= 0.6 is 0 Å². The highest BCUT2D eigenvalue weighted by Gasteiger charge is 2.36. The normalized spacial score (nSPS) is 17.5. The van der Waals surface area contributed by atoms with Crippen molar-refractivity contribution in [2.45, 2.75) is 13.5 Å². The summed E-state index contributed by atoms with van der Waals surface area (Å²) in [4.78, 5) is 27.0. The molecule has 0 saturated heterocycles. The van der Waals surface area contributed by atoms with E-state index in [1.54, 1.807) is 11.8 Å². The first-order valence-corrected chi connectivity index (χ1v) is 9.46. The molecule has 0 saturated carbocycles. The van der Waals surface area contributed by atoms with Crippen LogP contribution in [0.3, 0.4) is 0 Å². The van der Waals surface area contributed by atoms with Gasteiger partial charge in [-0.1, -0.05) is 61.5 Å². The van der Waals surface area contributed by atoms with Gasteiger partial charge in [0.05, 0.1) is 23.8 Å². The molecule has 0 radical (unpaired) electrons.